The van der Waals surface area contributed by atoms with Crippen LogP contribution in [0.3, 0.4) is 0 Å². The van der Waals surface area contributed by atoms with Crippen LogP contribution < -0.4 is 10.2 Å². The molecule has 1 amide bonds. The fourth-order valence-corrected chi connectivity index (χ4v) is 2.26. The summed E-state index contributed by atoms with van der Waals surface area (Å²) in [6.07, 6.45) is 2.68. The number of ether oxygens (including phenoxy) is 1. The van der Waals surface area contributed by atoms with Crippen molar-refractivity contribution in [3.8, 4) is 11.6 Å². The zero-order valence-corrected chi connectivity index (χ0v) is 14.7. The number of rotatable bonds is 6. The van der Waals surface area contributed by atoms with Crippen LogP contribution in [0.2, 0.25) is 5.28 Å². The molecule has 6 nitrogen and oxygen atoms in total. The Hall–Kier alpha value is -3.32. The zero-order valence-electron chi connectivity index (χ0n) is 14.0. The van der Waals surface area contributed by atoms with E-state index < -0.39 is 5.82 Å². The summed E-state index contributed by atoms with van der Waals surface area (Å²) in [6, 6.07) is 16.0. The Kier molecular flexibility index (Phi) is 6.06. The summed E-state index contributed by atoms with van der Waals surface area (Å²) < 4.78 is 18.9. The molecule has 3 rings (SSSR count). The zero-order chi connectivity index (χ0) is 19.1. The predicted octanol–water partition coefficient (Wildman–Crippen LogP) is 3.75. The van der Waals surface area contributed by atoms with Gasteiger partial charge < -0.3 is 4.74 Å². The number of hydrazone groups is 1. The number of aromatic nitrogens is 2. The lowest BCUT2D eigenvalue weighted by molar-refractivity contribution is -0.120. The predicted molar refractivity (Wildman–Crippen MR) is 99.4 cm³/mol. The third kappa shape index (κ3) is 5.58. The Labute approximate surface area is 159 Å². The van der Waals surface area contributed by atoms with Crippen molar-refractivity contribution in [2.24, 2.45) is 5.10 Å². The molecule has 1 heterocycles. The van der Waals surface area contributed by atoms with Crippen molar-refractivity contribution in [1.82, 2.24) is 15.4 Å². The van der Waals surface area contributed by atoms with Crippen LogP contribution in [0.4, 0.5) is 4.39 Å². The molecule has 0 aliphatic carbocycles. The number of hydrogen-bond donors (Lipinski definition) is 1. The lowest BCUT2D eigenvalue weighted by Crippen LogP contribution is -2.19. The molecule has 136 valence electrons. The molecule has 27 heavy (non-hydrogen) atoms. The van der Waals surface area contributed by atoms with Crippen molar-refractivity contribution >= 4 is 23.7 Å². The highest BCUT2D eigenvalue weighted by Crippen LogP contribution is 2.22. The molecular formula is C19H14ClFN4O2. The minimum absolute atomic E-state index is 0.110. The monoisotopic (exact) mass is 384 g/mol. The smallest absolute Gasteiger partial charge is 0.260 e. The number of amides is 1. The van der Waals surface area contributed by atoms with Gasteiger partial charge in [-0.25, -0.2) is 10.4 Å². The molecule has 0 atom stereocenters. The molecule has 2 aromatic carbocycles. The third-order valence-corrected chi connectivity index (χ3v) is 3.57. The van der Waals surface area contributed by atoms with E-state index in [9.17, 15) is 9.18 Å². The van der Waals surface area contributed by atoms with Gasteiger partial charge >= 0.3 is 0 Å². The van der Waals surface area contributed by atoms with Gasteiger partial charge in [0.05, 0.1) is 18.8 Å². The van der Waals surface area contributed by atoms with E-state index in [1.807, 2.05) is 30.3 Å². The summed E-state index contributed by atoms with van der Waals surface area (Å²) in [4.78, 5) is 19.0. The number of carbonyl (C=O) groups excluding carboxylic acids is 1. The van der Waals surface area contributed by atoms with Crippen LogP contribution in [-0.4, -0.2) is 22.1 Å². The van der Waals surface area contributed by atoms with Gasteiger partial charge in [-0.2, -0.15) is 14.5 Å². The Morgan fingerprint density at radius 3 is 2.67 bits per heavy atom. The van der Waals surface area contributed by atoms with Crippen molar-refractivity contribution in [2.45, 2.75) is 6.42 Å². The second-order valence-corrected chi connectivity index (χ2v) is 5.76. The van der Waals surface area contributed by atoms with E-state index >= 15 is 0 Å². The molecular weight excluding hydrogens is 371 g/mol. The highest BCUT2D eigenvalue weighted by Gasteiger charge is 2.08. The molecule has 0 aliphatic rings. The van der Waals surface area contributed by atoms with Crippen LogP contribution in [0, 0.1) is 5.82 Å². The second kappa shape index (κ2) is 8.86. The molecule has 0 saturated carbocycles. The summed E-state index contributed by atoms with van der Waals surface area (Å²) in [5.74, 6) is -0.821. The van der Waals surface area contributed by atoms with E-state index in [4.69, 9.17) is 16.3 Å². The lowest BCUT2D eigenvalue weighted by atomic mass is 10.1. The van der Waals surface area contributed by atoms with E-state index in [1.54, 1.807) is 24.3 Å². The molecule has 0 fully saturated rings. The summed E-state index contributed by atoms with van der Waals surface area (Å²) in [7, 11) is 0. The maximum atomic E-state index is 13.6. The average molecular weight is 385 g/mol. The van der Waals surface area contributed by atoms with Crippen molar-refractivity contribution in [2.75, 3.05) is 0 Å². The van der Waals surface area contributed by atoms with E-state index in [-0.39, 0.29) is 23.5 Å². The Morgan fingerprint density at radius 1 is 1.19 bits per heavy atom. The van der Waals surface area contributed by atoms with Crippen molar-refractivity contribution in [1.29, 1.82) is 0 Å². The number of nitrogens with one attached hydrogen (secondary N) is 1. The summed E-state index contributed by atoms with van der Waals surface area (Å²) >= 11 is 5.62. The Bertz CT molecular complexity index is 950. The third-order valence-electron chi connectivity index (χ3n) is 3.39. The Morgan fingerprint density at radius 2 is 1.93 bits per heavy atom. The van der Waals surface area contributed by atoms with E-state index in [0.29, 0.717) is 5.75 Å². The highest BCUT2D eigenvalue weighted by molar-refractivity contribution is 6.28. The van der Waals surface area contributed by atoms with Crippen LogP contribution in [0.1, 0.15) is 11.1 Å². The van der Waals surface area contributed by atoms with Crippen LogP contribution in [0.25, 0.3) is 0 Å². The first-order chi connectivity index (χ1) is 13.1. The van der Waals surface area contributed by atoms with Gasteiger partial charge in [-0.1, -0.05) is 30.3 Å². The molecule has 3 aromatic rings. The summed E-state index contributed by atoms with van der Waals surface area (Å²) in [5, 5.41) is 3.80. The normalized spacial score (nSPS) is 10.7. The molecule has 0 saturated heterocycles. The average Bonchev–Trinajstić information content (AvgIpc) is 2.67. The maximum absolute atomic E-state index is 13.6. The van der Waals surface area contributed by atoms with Gasteiger partial charge in [0.15, 0.2) is 0 Å². The first-order valence-corrected chi connectivity index (χ1v) is 8.30. The number of halogens is 2. The minimum Gasteiger partial charge on any atom is -0.436 e. The van der Waals surface area contributed by atoms with Crippen molar-refractivity contribution < 1.29 is 13.9 Å². The van der Waals surface area contributed by atoms with Gasteiger partial charge in [0.2, 0.25) is 17.0 Å². The van der Waals surface area contributed by atoms with Crippen LogP contribution >= 0.6 is 11.6 Å². The first-order valence-electron chi connectivity index (χ1n) is 7.92. The van der Waals surface area contributed by atoms with E-state index in [0.717, 1.165) is 17.3 Å². The molecule has 0 unspecified atom stereocenters. The SMILES string of the molecule is O=C(Cc1ccccc1)N/N=C\c1ccc(Oc2nc(Cl)ncc2F)cc1. The lowest BCUT2D eigenvalue weighted by Gasteiger charge is -2.05. The van der Waals surface area contributed by atoms with Gasteiger partial charge in [-0.05, 0) is 47.0 Å². The fourth-order valence-electron chi connectivity index (χ4n) is 2.14. The summed E-state index contributed by atoms with van der Waals surface area (Å²) in [6.45, 7) is 0. The number of benzene rings is 2. The van der Waals surface area contributed by atoms with E-state index in [1.165, 1.54) is 6.21 Å². The van der Waals surface area contributed by atoms with Gasteiger partial charge in [-0.15, -0.1) is 0 Å². The van der Waals surface area contributed by atoms with Crippen molar-refractivity contribution in [3.05, 3.63) is 83.0 Å². The quantitative estimate of drug-likeness (QED) is 0.399. The molecule has 8 heteroatoms. The van der Waals surface area contributed by atoms with Crippen molar-refractivity contribution in [3.63, 3.8) is 0 Å². The molecule has 0 bridgehead atoms. The molecule has 0 aliphatic heterocycles. The molecule has 0 radical (unpaired) electrons. The van der Waals surface area contributed by atoms with Crippen LogP contribution in [0.15, 0.2) is 65.9 Å². The second-order valence-electron chi connectivity index (χ2n) is 5.42. The van der Waals surface area contributed by atoms with Crippen LogP contribution in [-0.2, 0) is 11.2 Å². The number of hydrogen-bond acceptors (Lipinski definition) is 5. The Balaban J connectivity index is 1.55. The maximum Gasteiger partial charge on any atom is 0.260 e. The van der Waals surface area contributed by atoms with E-state index in [2.05, 4.69) is 20.5 Å². The molecule has 1 aromatic heterocycles. The van der Waals surface area contributed by atoms with Crippen LogP contribution in [0.5, 0.6) is 11.6 Å². The van der Waals surface area contributed by atoms with Gasteiger partial charge in [0, 0.05) is 0 Å². The van der Waals surface area contributed by atoms with Gasteiger partial charge in [0.25, 0.3) is 5.88 Å². The fraction of sp³-hybridized carbons (Fsp3) is 0.0526. The van der Waals surface area contributed by atoms with Gasteiger partial charge in [-0.3, -0.25) is 4.79 Å². The summed E-state index contributed by atoms with van der Waals surface area (Å²) in [5.41, 5.74) is 4.10. The molecule has 1 N–H and O–H groups in total. The standard InChI is InChI=1S/C19H14ClFN4O2/c20-19-22-12-16(21)18(24-19)27-15-8-6-14(7-9-15)11-23-25-17(26)10-13-4-2-1-3-5-13/h1-9,11-12H,10H2,(H,25,26)/b23-11-. The molecule has 0 spiro atoms. The largest absolute Gasteiger partial charge is 0.436 e. The van der Waals surface area contributed by atoms with Gasteiger partial charge in [0.1, 0.15) is 5.75 Å². The highest BCUT2D eigenvalue weighted by atomic mass is 35.5. The minimum atomic E-state index is -0.717. The number of carbonyl (C=O) groups is 1. The number of nitrogens with zero attached hydrogens (tertiary/aromatic N) is 3. The topological polar surface area (TPSA) is 76.5 Å². The first kappa shape index (κ1) is 18.5.